The van der Waals surface area contributed by atoms with Gasteiger partial charge in [0.15, 0.2) is 5.11 Å². The van der Waals surface area contributed by atoms with Crippen molar-refractivity contribution in [3.05, 3.63) is 54.1 Å². The van der Waals surface area contributed by atoms with Gasteiger partial charge in [-0.2, -0.15) is 0 Å². The molecular formula is C20H27N5OS. The van der Waals surface area contributed by atoms with Crippen LogP contribution in [0.25, 0.3) is 0 Å². The Bertz CT molecular complexity index is 759. The average Bonchev–Trinajstić information content (AvgIpc) is 3.31. The Kier molecular flexibility index (Phi) is 5.71. The average molecular weight is 386 g/mol. The Balaban J connectivity index is 1.60. The maximum Gasteiger partial charge on any atom is 0.170 e. The minimum Gasteiger partial charge on any atom is -0.379 e. The number of hydrogen-bond acceptors (Lipinski definition) is 4. The number of nitrogens with one attached hydrogen (secondary N) is 1. The predicted molar refractivity (Wildman–Crippen MR) is 110 cm³/mol. The monoisotopic (exact) mass is 385 g/mol. The molecule has 0 saturated carbocycles. The molecule has 7 heteroatoms. The number of thiocarbonyl (C=S) groups is 1. The summed E-state index contributed by atoms with van der Waals surface area (Å²) < 4.78 is 7.78. The molecule has 2 aromatic heterocycles. The van der Waals surface area contributed by atoms with Gasteiger partial charge in [0.2, 0.25) is 0 Å². The molecule has 0 radical (unpaired) electrons. The second-order valence-corrected chi connectivity index (χ2v) is 7.38. The molecule has 0 aromatic carbocycles. The van der Waals surface area contributed by atoms with E-state index in [9.17, 15) is 0 Å². The molecule has 6 nitrogen and oxygen atoms in total. The van der Waals surface area contributed by atoms with Crippen molar-refractivity contribution >= 4 is 17.3 Å². The molecule has 0 bridgehead atoms. The molecule has 2 fully saturated rings. The lowest BCUT2D eigenvalue weighted by molar-refractivity contribution is 0.0349. The zero-order valence-electron chi connectivity index (χ0n) is 15.8. The predicted octanol–water partition coefficient (Wildman–Crippen LogP) is 2.21. The van der Waals surface area contributed by atoms with Crippen LogP contribution in [0.2, 0.25) is 0 Å². The van der Waals surface area contributed by atoms with Crippen molar-refractivity contribution < 1.29 is 4.74 Å². The van der Waals surface area contributed by atoms with Gasteiger partial charge in [-0.15, -0.1) is 0 Å². The highest BCUT2D eigenvalue weighted by Gasteiger charge is 2.40. The standard InChI is InChI=1S/C20H27N5OS/c1-2-24-9-5-7-17(24)19-18(16-6-3-4-8-21-16)22-20(27)25(19)11-10-23-12-14-26-15-13-23/h3-9,18-19H,2,10-15H2,1H3,(H,22,27)/t18-,19-/m0/s1. The van der Waals surface area contributed by atoms with E-state index in [-0.39, 0.29) is 12.1 Å². The maximum atomic E-state index is 5.75. The molecule has 2 aromatic rings. The summed E-state index contributed by atoms with van der Waals surface area (Å²) in [6.45, 7) is 8.64. The van der Waals surface area contributed by atoms with Crippen molar-refractivity contribution in [1.82, 2.24) is 24.7 Å². The van der Waals surface area contributed by atoms with Gasteiger partial charge < -0.3 is 19.5 Å². The van der Waals surface area contributed by atoms with Gasteiger partial charge in [0.1, 0.15) is 0 Å². The van der Waals surface area contributed by atoms with Crippen molar-refractivity contribution in [2.75, 3.05) is 39.4 Å². The van der Waals surface area contributed by atoms with Gasteiger partial charge in [-0.3, -0.25) is 9.88 Å². The topological polar surface area (TPSA) is 45.6 Å². The van der Waals surface area contributed by atoms with E-state index in [1.165, 1.54) is 5.69 Å². The van der Waals surface area contributed by atoms with Gasteiger partial charge in [0.05, 0.1) is 31.0 Å². The van der Waals surface area contributed by atoms with Crippen LogP contribution in [0, 0.1) is 0 Å². The van der Waals surface area contributed by atoms with Gasteiger partial charge >= 0.3 is 0 Å². The van der Waals surface area contributed by atoms with Gasteiger partial charge in [-0.1, -0.05) is 6.07 Å². The summed E-state index contributed by atoms with van der Waals surface area (Å²) in [5.74, 6) is 0. The fraction of sp³-hybridized carbons (Fsp3) is 0.500. The quantitative estimate of drug-likeness (QED) is 0.770. The number of aromatic nitrogens is 2. The van der Waals surface area contributed by atoms with E-state index in [1.54, 1.807) is 0 Å². The molecule has 2 aliphatic heterocycles. The van der Waals surface area contributed by atoms with Crippen LogP contribution in [-0.4, -0.2) is 63.9 Å². The Morgan fingerprint density at radius 1 is 1.19 bits per heavy atom. The van der Waals surface area contributed by atoms with Crippen LogP contribution in [-0.2, 0) is 11.3 Å². The third-order valence-corrected chi connectivity index (χ3v) is 5.82. The molecule has 4 rings (SSSR count). The summed E-state index contributed by atoms with van der Waals surface area (Å²) in [6, 6.07) is 10.6. The van der Waals surface area contributed by atoms with Crippen molar-refractivity contribution in [1.29, 1.82) is 0 Å². The smallest absolute Gasteiger partial charge is 0.170 e. The molecule has 0 unspecified atom stereocenters. The van der Waals surface area contributed by atoms with Crippen LogP contribution in [0.5, 0.6) is 0 Å². The minimum absolute atomic E-state index is 0.0589. The highest BCUT2D eigenvalue weighted by molar-refractivity contribution is 7.80. The number of rotatable bonds is 6. The number of morpholine rings is 1. The molecule has 1 N–H and O–H groups in total. The minimum atomic E-state index is 0.0589. The third-order valence-electron chi connectivity index (χ3n) is 5.47. The third kappa shape index (κ3) is 3.85. The zero-order chi connectivity index (χ0) is 18.6. The maximum absolute atomic E-state index is 5.75. The number of aryl methyl sites for hydroxylation is 1. The molecule has 2 saturated heterocycles. The van der Waals surface area contributed by atoms with Gasteiger partial charge in [0.25, 0.3) is 0 Å². The molecule has 2 atom stereocenters. The number of ether oxygens (including phenoxy) is 1. The Labute approximate surface area is 166 Å². The van der Waals surface area contributed by atoms with E-state index in [0.717, 1.165) is 56.7 Å². The van der Waals surface area contributed by atoms with E-state index in [0.29, 0.717) is 0 Å². The number of pyridine rings is 1. The summed E-state index contributed by atoms with van der Waals surface area (Å²) >= 11 is 5.75. The van der Waals surface area contributed by atoms with E-state index in [2.05, 4.69) is 56.0 Å². The first-order chi connectivity index (χ1) is 13.3. The lowest BCUT2D eigenvalue weighted by Gasteiger charge is -2.32. The fourth-order valence-corrected chi connectivity index (χ4v) is 4.36. The second kappa shape index (κ2) is 8.37. The largest absolute Gasteiger partial charge is 0.379 e. The normalized spacial score (nSPS) is 23.6. The van der Waals surface area contributed by atoms with Gasteiger partial charge in [-0.25, -0.2) is 0 Å². The number of nitrogens with zero attached hydrogens (tertiary/aromatic N) is 4. The lowest BCUT2D eigenvalue weighted by atomic mass is 10.0. The molecule has 0 amide bonds. The van der Waals surface area contributed by atoms with E-state index in [4.69, 9.17) is 17.0 Å². The number of hydrogen-bond donors (Lipinski definition) is 1. The molecular weight excluding hydrogens is 358 g/mol. The van der Waals surface area contributed by atoms with E-state index >= 15 is 0 Å². The van der Waals surface area contributed by atoms with Gasteiger partial charge in [-0.05, 0) is 43.4 Å². The van der Waals surface area contributed by atoms with Crippen LogP contribution in [0.3, 0.4) is 0 Å². The van der Waals surface area contributed by atoms with Crippen LogP contribution >= 0.6 is 12.2 Å². The molecule has 0 spiro atoms. The van der Waals surface area contributed by atoms with Crippen LogP contribution < -0.4 is 5.32 Å². The molecule has 27 heavy (non-hydrogen) atoms. The van der Waals surface area contributed by atoms with Crippen molar-refractivity contribution in [2.24, 2.45) is 0 Å². The van der Waals surface area contributed by atoms with Crippen LogP contribution in [0.15, 0.2) is 42.7 Å². The van der Waals surface area contributed by atoms with Crippen LogP contribution in [0.1, 0.15) is 30.4 Å². The first-order valence-corrected chi connectivity index (χ1v) is 10.1. The highest BCUT2D eigenvalue weighted by atomic mass is 32.1. The second-order valence-electron chi connectivity index (χ2n) is 6.99. The fourth-order valence-electron chi connectivity index (χ4n) is 4.03. The molecule has 2 aliphatic rings. The Morgan fingerprint density at radius 2 is 2.04 bits per heavy atom. The Morgan fingerprint density at radius 3 is 2.78 bits per heavy atom. The molecule has 144 valence electrons. The first-order valence-electron chi connectivity index (χ1n) is 9.71. The van der Waals surface area contributed by atoms with Crippen molar-refractivity contribution in [2.45, 2.75) is 25.6 Å². The SMILES string of the molecule is CCn1cccc1[C@H]1[C@H](c2ccccn2)NC(=S)N1CCN1CCOCC1. The zero-order valence-corrected chi connectivity index (χ0v) is 16.6. The van der Waals surface area contributed by atoms with Gasteiger partial charge in [0, 0.05) is 50.8 Å². The van der Waals surface area contributed by atoms with E-state index in [1.807, 2.05) is 18.3 Å². The summed E-state index contributed by atoms with van der Waals surface area (Å²) in [4.78, 5) is 9.40. The molecule has 0 aliphatic carbocycles. The summed E-state index contributed by atoms with van der Waals surface area (Å²) in [5, 5.41) is 4.35. The molecule has 4 heterocycles. The lowest BCUT2D eigenvalue weighted by Crippen LogP contribution is -2.42. The highest BCUT2D eigenvalue weighted by Crippen LogP contribution is 2.38. The van der Waals surface area contributed by atoms with Crippen LogP contribution in [0.4, 0.5) is 0 Å². The van der Waals surface area contributed by atoms with Crippen molar-refractivity contribution in [3.63, 3.8) is 0 Å². The van der Waals surface area contributed by atoms with Crippen molar-refractivity contribution in [3.8, 4) is 0 Å². The first kappa shape index (κ1) is 18.4. The summed E-state index contributed by atoms with van der Waals surface area (Å²) in [5.41, 5.74) is 2.31. The summed E-state index contributed by atoms with van der Waals surface area (Å²) in [6.07, 6.45) is 4.00. The summed E-state index contributed by atoms with van der Waals surface area (Å²) in [7, 11) is 0. The Hall–Kier alpha value is -1.96. The van der Waals surface area contributed by atoms with E-state index < -0.39 is 0 Å².